The number of rotatable bonds is 1. The second kappa shape index (κ2) is 4.67. The summed E-state index contributed by atoms with van der Waals surface area (Å²) in [6.45, 7) is 0. The van der Waals surface area contributed by atoms with E-state index in [2.05, 4.69) is 38.5 Å². The Morgan fingerprint density at radius 2 is 2.21 bits per heavy atom. The van der Waals surface area contributed by atoms with Crippen molar-refractivity contribution >= 4 is 61.8 Å². The first-order valence-corrected chi connectivity index (χ1v) is 5.90. The molecule has 0 amide bonds. The van der Waals surface area contributed by atoms with Gasteiger partial charge in [-0.25, -0.2) is 0 Å². The molecule has 0 fully saturated rings. The molecule has 0 aromatic heterocycles. The number of halogens is 3. The summed E-state index contributed by atoms with van der Waals surface area (Å²) in [5.74, 6) is -0.0474. The van der Waals surface area contributed by atoms with Crippen LogP contribution in [0.15, 0.2) is 16.6 Å². The van der Waals surface area contributed by atoms with Crippen molar-refractivity contribution in [2.75, 3.05) is 11.9 Å². The maximum Gasteiger partial charge on any atom is 0.192 e. The van der Waals surface area contributed by atoms with Crippen LogP contribution in [-0.2, 0) is 0 Å². The summed E-state index contributed by atoms with van der Waals surface area (Å²) < 4.78 is 1.85. The van der Waals surface area contributed by atoms with Crippen molar-refractivity contribution < 1.29 is 0 Å². The zero-order valence-electron chi connectivity index (χ0n) is 7.31. The van der Waals surface area contributed by atoms with E-state index >= 15 is 0 Å². The molecule has 14 heavy (non-hydrogen) atoms. The minimum atomic E-state index is -0.0474. The number of guanidine groups is 1. The van der Waals surface area contributed by atoms with Gasteiger partial charge in [-0.15, -0.1) is 0 Å². The predicted molar refractivity (Wildman–Crippen MR) is 72.2 cm³/mol. The molecule has 0 bridgehead atoms. The van der Waals surface area contributed by atoms with Gasteiger partial charge in [0, 0.05) is 15.1 Å². The molecule has 0 saturated heterocycles. The van der Waals surface area contributed by atoms with Crippen LogP contribution in [0.2, 0.25) is 5.02 Å². The quantitative estimate of drug-likeness (QED) is 0.441. The highest BCUT2D eigenvalue weighted by atomic mass is 127. The molecule has 0 saturated carbocycles. The molecular weight excluding hydrogens is 380 g/mol. The summed E-state index contributed by atoms with van der Waals surface area (Å²) >= 11 is 11.6. The normalized spacial score (nSPS) is 10.0. The summed E-state index contributed by atoms with van der Waals surface area (Å²) in [6.07, 6.45) is 0. The van der Waals surface area contributed by atoms with Crippen molar-refractivity contribution in [2.24, 2.45) is 5.73 Å². The van der Waals surface area contributed by atoms with Gasteiger partial charge in [-0.2, -0.15) is 0 Å². The molecule has 0 heterocycles. The molecule has 0 aliphatic rings. The van der Waals surface area contributed by atoms with E-state index in [-0.39, 0.29) is 5.96 Å². The van der Waals surface area contributed by atoms with Gasteiger partial charge >= 0.3 is 0 Å². The van der Waals surface area contributed by atoms with Crippen LogP contribution in [0.1, 0.15) is 0 Å². The van der Waals surface area contributed by atoms with Gasteiger partial charge in [0.05, 0.1) is 10.7 Å². The molecule has 1 aromatic carbocycles. The standard InChI is InChI=1S/C8H8BrClIN3/c1-14(8(12)13)7-5(9)2-4(11)3-6(7)10/h2-3H,1H3,(H3,12,13). The molecular formula is C8H8BrClIN3. The molecule has 0 unspecified atom stereocenters. The monoisotopic (exact) mass is 387 g/mol. The summed E-state index contributed by atoms with van der Waals surface area (Å²) in [6, 6.07) is 3.74. The molecule has 6 heteroatoms. The second-order valence-corrected chi connectivity index (χ2v) is 5.17. The highest BCUT2D eigenvalue weighted by Gasteiger charge is 2.13. The number of hydrogen-bond donors (Lipinski definition) is 2. The third-order valence-corrected chi connectivity index (χ3v) is 3.19. The van der Waals surface area contributed by atoms with E-state index in [1.165, 1.54) is 4.90 Å². The maximum atomic E-state index is 7.31. The number of benzene rings is 1. The van der Waals surface area contributed by atoms with Crippen LogP contribution in [0.4, 0.5) is 5.69 Å². The lowest BCUT2D eigenvalue weighted by molar-refractivity contribution is 1.19. The summed E-state index contributed by atoms with van der Waals surface area (Å²) in [5.41, 5.74) is 6.08. The molecule has 0 radical (unpaired) electrons. The Morgan fingerprint density at radius 3 is 2.64 bits per heavy atom. The van der Waals surface area contributed by atoms with E-state index in [9.17, 15) is 0 Å². The molecule has 0 aliphatic heterocycles. The van der Waals surface area contributed by atoms with Crippen molar-refractivity contribution in [1.82, 2.24) is 0 Å². The molecule has 0 spiro atoms. The van der Waals surface area contributed by atoms with E-state index in [1.807, 2.05) is 12.1 Å². The Morgan fingerprint density at radius 1 is 1.64 bits per heavy atom. The van der Waals surface area contributed by atoms with Crippen molar-refractivity contribution in [3.63, 3.8) is 0 Å². The summed E-state index contributed by atoms with van der Waals surface area (Å²) in [5, 5.41) is 7.88. The minimum Gasteiger partial charge on any atom is -0.370 e. The number of nitrogens with zero attached hydrogens (tertiary/aromatic N) is 1. The van der Waals surface area contributed by atoms with Gasteiger partial charge in [0.1, 0.15) is 0 Å². The lowest BCUT2D eigenvalue weighted by Crippen LogP contribution is -2.33. The van der Waals surface area contributed by atoms with E-state index < -0.39 is 0 Å². The van der Waals surface area contributed by atoms with E-state index in [4.69, 9.17) is 22.7 Å². The van der Waals surface area contributed by atoms with E-state index in [1.54, 1.807) is 7.05 Å². The zero-order chi connectivity index (χ0) is 10.9. The van der Waals surface area contributed by atoms with Gasteiger partial charge in [-0.1, -0.05) is 11.6 Å². The van der Waals surface area contributed by atoms with Crippen molar-refractivity contribution in [3.8, 4) is 0 Å². The van der Waals surface area contributed by atoms with Crippen LogP contribution in [0.25, 0.3) is 0 Å². The number of nitrogens with two attached hydrogens (primary N) is 1. The second-order valence-electron chi connectivity index (χ2n) is 2.66. The Labute approximate surface area is 109 Å². The molecule has 3 N–H and O–H groups in total. The fourth-order valence-electron chi connectivity index (χ4n) is 0.975. The lowest BCUT2D eigenvalue weighted by atomic mass is 10.3. The third-order valence-electron chi connectivity index (χ3n) is 1.68. The van der Waals surface area contributed by atoms with Crippen molar-refractivity contribution in [1.29, 1.82) is 5.41 Å². The molecule has 76 valence electrons. The van der Waals surface area contributed by atoms with Crippen LogP contribution >= 0.6 is 50.1 Å². The zero-order valence-corrected chi connectivity index (χ0v) is 11.8. The van der Waals surface area contributed by atoms with Crippen LogP contribution in [-0.4, -0.2) is 13.0 Å². The van der Waals surface area contributed by atoms with Crippen molar-refractivity contribution in [3.05, 3.63) is 25.2 Å². The average Bonchev–Trinajstić information content (AvgIpc) is 2.01. The molecule has 1 rings (SSSR count). The SMILES string of the molecule is CN(C(=N)N)c1c(Cl)cc(I)cc1Br. The van der Waals surface area contributed by atoms with Crippen LogP contribution in [0.5, 0.6) is 0 Å². The smallest absolute Gasteiger partial charge is 0.192 e. The maximum absolute atomic E-state index is 7.31. The van der Waals surface area contributed by atoms with Gasteiger partial charge in [-0.05, 0) is 50.7 Å². The topological polar surface area (TPSA) is 53.1 Å². The highest BCUT2D eigenvalue weighted by Crippen LogP contribution is 2.34. The van der Waals surface area contributed by atoms with Gasteiger partial charge in [0.25, 0.3) is 0 Å². The molecule has 0 atom stereocenters. The van der Waals surface area contributed by atoms with Crippen molar-refractivity contribution in [2.45, 2.75) is 0 Å². The Kier molecular flexibility index (Phi) is 4.03. The largest absolute Gasteiger partial charge is 0.370 e. The Balaban J connectivity index is 3.27. The highest BCUT2D eigenvalue weighted by molar-refractivity contribution is 14.1. The first-order valence-electron chi connectivity index (χ1n) is 3.65. The first-order chi connectivity index (χ1) is 6.43. The van der Waals surface area contributed by atoms with Gasteiger partial charge in [-0.3, -0.25) is 5.41 Å². The van der Waals surface area contributed by atoms with E-state index in [0.29, 0.717) is 10.7 Å². The average molecular weight is 388 g/mol. The van der Waals surface area contributed by atoms with Gasteiger partial charge in [0.15, 0.2) is 5.96 Å². The fourth-order valence-corrected chi connectivity index (χ4v) is 3.40. The van der Waals surface area contributed by atoms with Gasteiger partial charge in [0.2, 0.25) is 0 Å². The first kappa shape index (κ1) is 12.1. The Bertz CT molecular complexity index is 360. The lowest BCUT2D eigenvalue weighted by Gasteiger charge is -2.20. The number of hydrogen-bond acceptors (Lipinski definition) is 1. The summed E-state index contributed by atoms with van der Waals surface area (Å²) in [4.78, 5) is 1.52. The van der Waals surface area contributed by atoms with Crippen LogP contribution in [0.3, 0.4) is 0 Å². The molecule has 1 aromatic rings. The molecule has 0 aliphatic carbocycles. The minimum absolute atomic E-state index is 0.0474. The Hall–Kier alpha value is -0.0100. The summed E-state index contributed by atoms with van der Waals surface area (Å²) in [7, 11) is 1.70. The van der Waals surface area contributed by atoms with Crippen LogP contribution < -0.4 is 10.6 Å². The number of nitrogens with one attached hydrogen (secondary N) is 1. The van der Waals surface area contributed by atoms with E-state index in [0.717, 1.165) is 8.04 Å². The number of anilines is 1. The molecule has 3 nitrogen and oxygen atoms in total. The predicted octanol–water partition coefficient (Wildman–Crippen LogP) is 3.04. The third kappa shape index (κ3) is 2.52. The van der Waals surface area contributed by atoms with Crippen LogP contribution in [0, 0.1) is 8.98 Å². The van der Waals surface area contributed by atoms with Gasteiger partial charge < -0.3 is 10.6 Å². The fraction of sp³-hybridized carbons (Fsp3) is 0.125.